The number of benzene rings is 2. The lowest BCUT2D eigenvalue weighted by atomic mass is 10.1. The van der Waals surface area contributed by atoms with Crippen molar-refractivity contribution in [3.05, 3.63) is 71.5 Å². The van der Waals surface area contributed by atoms with Crippen LogP contribution in [0.5, 0.6) is 11.5 Å². The van der Waals surface area contributed by atoms with Crippen LogP contribution in [0.15, 0.2) is 59.9 Å². The second-order valence-electron chi connectivity index (χ2n) is 8.38. The van der Waals surface area contributed by atoms with E-state index in [0.29, 0.717) is 45.6 Å². The molecule has 4 aromatic rings. The Hall–Kier alpha value is -3.86. The van der Waals surface area contributed by atoms with Crippen LogP contribution in [0.1, 0.15) is 18.9 Å². The summed E-state index contributed by atoms with van der Waals surface area (Å²) >= 11 is 3.17. The number of ether oxygens (including phenoxy) is 1. The SMILES string of the molecule is C=C(Br)C(=O)N1CCC[C@@H](n2nc(-c3ccc(Oc4cccc(F)c4F)cc3)c3c(N)ncnc32)C1. The maximum absolute atomic E-state index is 14.0. The van der Waals surface area contributed by atoms with E-state index in [9.17, 15) is 13.6 Å². The third-order valence-corrected chi connectivity index (χ3v) is 6.39. The monoisotopic (exact) mass is 554 g/mol. The Morgan fingerprint density at radius 3 is 2.69 bits per heavy atom. The number of likely N-dealkylation sites (tertiary alicyclic amines) is 1. The van der Waals surface area contributed by atoms with Gasteiger partial charge in [-0.1, -0.05) is 12.6 Å². The minimum atomic E-state index is -1.06. The molecule has 1 aliphatic rings. The molecule has 11 heteroatoms. The lowest BCUT2D eigenvalue weighted by Crippen LogP contribution is -2.41. The fourth-order valence-corrected chi connectivity index (χ4v) is 4.58. The van der Waals surface area contributed by atoms with E-state index in [0.717, 1.165) is 18.9 Å². The third kappa shape index (κ3) is 4.41. The van der Waals surface area contributed by atoms with E-state index < -0.39 is 11.6 Å². The van der Waals surface area contributed by atoms with Crippen LogP contribution in [0, 0.1) is 11.6 Å². The van der Waals surface area contributed by atoms with Crippen molar-refractivity contribution in [2.45, 2.75) is 18.9 Å². The van der Waals surface area contributed by atoms with Crippen molar-refractivity contribution >= 4 is 38.7 Å². The number of nitrogen functional groups attached to an aromatic ring is 1. The van der Waals surface area contributed by atoms with Gasteiger partial charge in [-0.3, -0.25) is 4.79 Å². The average molecular weight is 555 g/mol. The second-order valence-corrected chi connectivity index (χ2v) is 9.34. The molecule has 0 unspecified atom stereocenters. The molecule has 0 radical (unpaired) electrons. The van der Waals surface area contributed by atoms with Crippen molar-refractivity contribution in [2.24, 2.45) is 0 Å². The fraction of sp³-hybridized carbons (Fsp3) is 0.200. The number of piperidine rings is 1. The van der Waals surface area contributed by atoms with Gasteiger partial charge in [0, 0.05) is 18.7 Å². The van der Waals surface area contributed by atoms with E-state index >= 15 is 0 Å². The van der Waals surface area contributed by atoms with Crippen LogP contribution >= 0.6 is 15.9 Å². The number of carbonyl (C=O) groups is 1. The van der Waals surface area contributed by atoms with E-state index in [1.54, 1.807) is 33.8 Å². The molecule has 1 amide bonds. The van der Waals surface area contributed by atoms with Crippen LogP contribution < -0.4 is 10.5 Å². The van der Waals surface area contributed by atoms with Crippen molar-refractivity contribution in [1.29, 1.82) is 0 Å². The molecule has 1 atom stereocenters. The zero-order valence-corrected chi connectivity index (χ0v) is 20.6. The van der Waals surface area contributed by atoms with E-state index in [1.165, 1.54) is 18.5 Å². The molecule has 36 heavy (non-hydrogen) atoms. The molecule has 2 aromatic carbocycles. The van der Waals surface area contributed by atoms with Crippen LogP contribution in [0.4, 0.5) is 14.6 Å². The minimum absolute atomic E-state index is 0.112. The molecule has 0 saturated carbocycles. The number of rotatable bonds is 5. The molecule has 2 N–H and O–H groups in total. The molecule has 3 heterocycles. The normalized spacial score (nSPS) is 15.8. The summed E-state index contributed by atoms with van der Waals surface area (Å²) in [5.41, 5.74) is 8.08. The molecule has 5 rings (SSSR count). The number of hydrogen-bond donors (Lipinski definition) is 1. The van der Waals surface area contributed by atoms with Gasteiger partial charge in [-0.2, -0.15) is 9.49 Å². The summed E-state index contributed by atoms with van der Waals surface area (Å²) in [6.45, 7) is 4.78. The summed E-state index contributed by atoms with van der Waals surface area (Å²) in [6.07, 6.45) is 3.00. The van der Waals surface area contributed by atoms with Crippen LogP contribution in [-0.2, 0) is 4.79 Å². The summed E-state index contributed by atoms with van der Waals surface area (Å²) in [6, 6.07) is 10.4. The molecule has 1 aliphatic heterocycles. The van der Waals surface area contributed by atoms with Crippen LogP contribution in [0.3, 0.4) is 0 Å². The maximum Gasteiger partial charge on any atom is 0.260 e. The standard InChI is InChI=1S/C25H21BrF2N6O2/c1-14(26)25(35)33-11-3-4-16(12-33)34-24-20(23(29)30-13-31-24)22(32-34)15-7-9-17(10-8-15)36-19-6-2-5-18(27)21(19)28/h2,5-10,13,16H,1,3-4,11-12H2,(H2,29,30,31)/t16-/m1/s1. The molecule has 2 aromatic heterocycles. The Balaban J connectivity index is 1.49. The zero-order chi connectivity index (χ0) is 25.4. The van der Waals surface area contributed by atoms with Gasteiger partial charge in [0.15, 0.2) is 17.2 Å². The first-order valence-electron chi connectivity index (χ1n) is 11.2. The van der Waals surface area contributed by atoms with E-state index in [1.807, 2.05) is 0 Å². The molecule has 0 spiro atoms. The largest absolute Gasteiger partial charge is 0.454 e. The maximum atomic E-state index is 14.0. The van der Waals surface area contributed by atoms with E-state index in [2.05, 4.69) is 32.5 Å². The summed E-state index contributed by atoms with van der Waals surface area (Å²) in [4.78, 5) is 22.8. The minimum Gasteiger partial charge on any atom is -0.454 e. The highest BCUT2D eigenvalue weighted by Gasteiger charge is 2.29. The summed E-state index contributed by atoms with van der Waals surface area (Å²) in [5.74, 6) is -1.80. The molecule has 0 aliphatic carbocycles. The highest BCUT2D eigenvalue weighted by atomic mass is 79.9. The summed E-state index contributed by atoms with van der Waals surface area (Å²) < 4.78 is 35.1. The Bertz CT molecular complexity index is 1470. The Morgan fingerprint density at radius 2 is 1.94 bits per heavy atom. The van der Waals surface area contributed by atoms with Gasteiger partial charge < -0.3 is 15.4 Å². The van der Waals surface area contributed by atoms with Gasteiger partial charge in [-0.05, 0) is 65.2 Å². The molecule has 1 fully saturated rings. The van der Waals surface area contributed by atoms with Gasteiger partial charge in [0.2, 0.25) is 5.82 Å². The van der Waals surface area contributed by atoms with Gasteiger partial charge in [0.25, 0.3) is 5.91 Å². The van der Waals surface area contributed by atoms with Gasteiger partial charge >= 0.3 is 0 Å². The topological polar surface area (TPSA) is 99.2 Å². The first kappa shape index (κ1) is 23.9. The van der Waals surface area contributed by atoms with Crippen molar-refractivity contribution in [3.8, 4) is 22.8 Å². The predicted molar refractivity (Wildman–Crippen MR) is 135 cm³/mol. The lowest BCUT2D eigenvalue weighted by Gasteiger charge is -2.32. The van der Waals surface area contributed by atoms with E-state index in [4.69, 9.17) is 15.6 Å². The van der Waals surface area contributed by atoms with Crippen molar-refractivity contribution in [2.75, 3.05) is 18.8 Å². The first-order chi connectivity index (χ1) is 17.3. The lowest BCUT2D eigenvalue weighted by molar-refractivity contribution is -0.127. The number of aromatic nitrogens is 4. The predicted octanol–water partition coefficient (Wildman–Crippen LogP) is 5.22. The number of nitrogens with two attached hydrogens (primary N) is 1. The zero-order valence-electron chi connectivity index (χ0n) is 19.0. The number of carbonyl (C=O) groups excluding carboxylic acids is 1. The highest BCUT2D eigenvalue weighted by Crippen LogP contribution is 2.35. The third-order valence-electron chi connectivity index (χ3n) is 6.05. The molecule has 0 bridgehead atoms. The number of amides is 1. The van der Waals surface area contributed by atoms with Crippen molar-refractivity contribution in [1.82, 2.24) is 24.6 Å². The average Bonchev–Trinajstić information content (AvgIpc) is 3.28. The van der Waals surface area contributed by atoms with Crippen molar-refractivity contribution in [3.63, 3.8) is 0 Å². The fourth-order valence-electron chi connectivity index (χ4n) is 4.33. The molecular formula is C25H21BrF2N6O2. The van der Waals surface area contributed by atoms with Crippen LogP contribution in [0.2, 0.25) is 0 Å². The van der Waals surface area contributed by atoms with Crippen molar-refractivity contribution < 1.29 is 18.3 Å². The number of nitrogens with zero attached hydrogens (tertiary/aromatic N) is 5. The number of anilines is 1. The quantitative estimate of drug-likeness (QED) is 0.339. The summed E-state index contributed by atoms with van der Waals surface area (Å²) in [5, 5.41) is 5.43. The van der Waals surface area contributed by atoms with E-state index in [-0.39, 0.29) is 23.5 Å². The number of fused-ring (bicyclic) bond motifs is 1. The number of hydrogen-bond acceptors (Lipinski definition) is 6. The molecule has 8 nitrogen and oxygen atoms in total. The molecule has 1 saturated heterocycles. The van der Waals surface area contributed by atoms with Gasteiger partial charge in [-0.25, -0.2) is 19.0 Å². The molecule has 184 valence electrons. The van der Waals surface area contributed by atoms with Gasteiger partial charge in [0.05, 0.1) is 15.9 Å². The summed E-state index contributed by atoms with van der Waals surface area (Å²) in [7, 11) is 0. The Morgan fingerprint density at radius 1 is 1.17 bits per heavy atom. The second kappa shape index (κ2) is 9.65. The smallest absolute Gasteiger partial charge is 0.260 e. The molecular weight excluding hydrogens is 534 g/mol. The van der Waals surface area contributed by atoms with Crippen LogP contribution in [-0.4, -0.2) is 43.6 Å². The van der Waals surface area contributed by atoms with Gasteiger partial charge in [-0.15, -0.1) is 0 Å². The van der Waals surface area contributed by atoms with Gasteiger partial charge in [0.1, 0.15) is 23.6 Å². The first-order valence-corrected chi connectivity index (χ1v) is 12.0. The Kier molecular flexibility index (Phi) is 6.40. The highest BCUT2D eigenvalue weighted by molar-refractivity contribution is 9.12. The van der Waals surface area contributed by atoms with Crippen LogP contribution in [0.25, 0.3) is 22.3 Å². The Labute approximate surface area is 213 Å². The number of halogens is 3.